The summed E-state index contributed by atoms with van der Waals surface area (Å²) in [5.74, 6) is 1.01. The lowest BCUT2D eigenvalue weighted by atomic mass is 10.1. The van der Waals surface area contributed by atoms with Crippen molar-refractivity contribution in [1.29, 1.82) is 0 Å². The second kappa shape index (κ2) is 8.57. The van der Waals surface area contributed by atoms with E-state index in [0.29, 0.717) is 22.7 Å². The summed E-state index contributed by atoms with van der Waals surface area (Å²) in [5.41, 5.74) is 3.21. The summed E-state index contributed by atoms with van der Waals surface area (Å²) in [5, 5.41) is 0. The number of hydrogen-bond acceptors (Lipinski definition) is 4. The molecule has 0 aliphatic carbocycles. The van der Waals surface area contributed by atoms with Gasteiger partial charge in [-0.3, -0.25) is 4.31 Å². The van der Waals surface area contributed by atoms with E-state index >= 15 is 0 Å². The van der Waals surface area contributed by atoms with Gasteiger partial charge in [-0.1, -0.05) is 48.0 Å². The summed E-state index contributed by atoms with van der Waals surface area (Å²) in [7, 11) is -0.724. The van der Waals surface area contributed by atoms with Gasteiger partial charge >= 0.3 is 0 Å². The van der Waals surface area contributed by atoms with Crippen molar-refractivity contribution in [3.63, 3.8) is 0 Å². The molecule has 0 aliphatic rings. The average Bonchev–Trinajstić information content (AvgIpc) is 2.72. The zero-order chi connectivity index (χ0) is 21.0. The first-order chi connectivity index (χ1) is 13.9. The Balaban J connectivity index is 2.14. The minimum absolute atomic E-state index is 0.201. The minimum atomic E-state index is -3.80. The quantitative estimate of drug-likeness (QED) is 0.565. The normalized spacial score (nSPS) is 11.2. The summed E-state index contributed by atoms with van der Waals surface area (Å²) in [4.78, 5) is 0.280. The molecule has 3 rings (SSSR count). The first-order valence-electron chi connectivity index (χ1n) is 9.22. The van der Waals surface area contributed by atoms with Crippen LogP contribution in [-0.4, -0.2) is 22.6 Å². The number of anilines is 1. The molecule has 0 bridgehead atoms. The van der Waals surface area contributed by atoms with Crippen molar-refractivity contribution in [2.45, 2.75) is 25.3 Å². The molecule has 5 nitrogen and oxygen atoms in total. The second-order valence-electron chi connectivity index (χ2n) is 6.80. The Kier molecular flexibility index (Phi) is 6.13. The summed E-state index contributed by atoms with van der Waals surface area (Å²) >= 11 is 0. The molecule has 3 aromatic rings. The lowest BCUT2D eigenvalue weighted by Gasteiger charge is -2.26. The number of hydrogen-bond donors (Lipinski definition) is 0. The molecule has 0 heterocycles. The molecule has 0 spiro atoms. The van der Waals surface area contributed by atoms with Gasteiger partial charge in [0.1, 0.15) is 0 Å². The highest BCUT2D eigenvalue weighted by Gasteiger charge is 2.27. The van der Waals surface area contributed by atoms with E-state index in [1.165, 1.54) is 11.4 Å². The third-order valence-electron chi connectivity index (χ3n) is 4.76. The van der Waals surface area contributed by atoms with E-state index in [9.17, 15) is 8.42 Å². The average molecular weight is 412 g/mol. The molecule has 0 amide bonds. The fraction of sp³-hybridized carbons (Fsp3) is 0.217. The smallest absolute Gasteiger partial charge is 0.264 e. The molecule has 0 saturated carbocycles. The molecule has 0 aromatic heterocycles. The monoisotopic (exact) mass is 411 g/mol. The zero-order valence-electron chi connectivity index (χ0n) is 17.0. The Morgan fingerprint density at radius 2 is 1.48 bits per heavy atom. The topological polar surface area (TPSA) is 55.8 Å². The van der Waals surface area contributed by atoms with Crippen LogP contribution in [0.3, 0.4) is 0 Å². The van der Waals surface area contributed by atoms with E-state index in [1.807, 2.05) is 37.3 Å². The standard InChI is InChI=1S/C23H25NO4S/c1-17-9-11-19(12-10-17)16-24(20-13-14-21(27-3)22(15-20)28-4)29(25,26)23-8-6-5-7-18(23)2/h5-15H,16H2,1-4H3. The molecule has 0 N–H and O–H groups in total. The van der Waals surface area contributed by atoms with Crippen LogP contribution in [-0.2, 0) is 16.6 Å². The van der Waals surface area contributed by atoms with Crippen LogP contribution in [0, 0.1) is 13.8 Å². The first kappa shape index (κ1) is 20.7. The Labute approximate surface area is 172 Å². The van der Waals surface area contributed by atoms with E-state index in [1.54, 1.807) is 50.4 Å². The molecule has 3 aromatic carbocycles. The lowest BCUT2D eigenvalue weighted by molar-refractivity contribution is 0.355. The van der Waals surface area contributed by atoms with Crippen molar-refractivity contribution in [3.05, 3.63) is 83.4 Å². The molecular formula is C23H25NO4S. The maximum atomic E-state index is 13.6. The fourth-order valence-electron chi connectivity index (χ4n) is 3.12. The molecule has 152 valence electrons. The highest BCUT2D eigenvalue weighted by atomic mass is 32.2. The number of benzene rings is 3. The van der Waals surface area contributed by atoms with Crippen molar-refractivity contribution < 1.29 is 17.9 Å². The van der Waals surface area contributed by atoms with Gasteiger partial charge < -0.3 is 9.47 Å². The number of ether oxygens (including phenoxy) is 2. The Morgan fingerprint density at radius 1 is 0.828 bits per heavy atom. The van der Waals surface area contributed by atoms with Crippen LogP contribution in [0.2, 0.25) is 0 Å². The molecule has 0 aliphatic heterocycles. The largest absolute Gasteiger partial charge is 0.493 e. The third-order valence-corrected chi connectivity index (χ3v) is 6.70. The van der Waals surface area contributed by atoms with Gasteiger partial charge in [0, 0.05) is 6.07 Å². The van der Waals surface area contributed by atoms with Crippen molar-refractivity contribution in [2.24, 2.45) is 0 Å². The van der Waals surface area contributed by atoms with Gasteiger partial charge in [-0.2, -0.15) is 0 Å². The van der Waals surface area contributed by atoms with Gasteiger partial charge in [-0.15, -0.1) is 0 Å². The van der Waals surface area contributed by atoms with Gasteiger partial charge in [-0.25, -0.2) is 8.42 Å². The van der Waals surface area contributed by atoms with Gasteiger partial charge in [0.25, 0.3) is 10.0 Å². The zero-order valence-corrected chi connectivity index (χ0v) is 17.9. The van der Waals surface area contributed by atoms with Crippen molar-refractivity contribution >= 4 is 15.7 Å². The van der Waals surface area contributed by atoms with Crippen LogP contribution in [0.5, 0.6) is 11.5 Å². The van der Waals surface area contributed by atoms with Crippen molar-refractivity contribution in [3.8, 4) is 11.5 Å². The maximum Gasteiger partial charge on any atom is 0.264 e. The summed E-state index contributed by atoms with van der Waals surface area (Å²) < 4.78 is 39.4. The molecule has 0 saturated heterocycles. The first-order valence-corrected chi connectivity index (χ1v) is 10.7. The van der Waals surface area contributed by atoms with Crippen LogP contribution in [0.4, 0.5) is 5.69 Å². The van der Waals surface area contributed by atoms with Gasteiger partial charge in [0.05, 0.1) is 31.3 Å². The summed E-state index contributed by atoms with van der Waals surface area (Å²) in [6.07, 6.45) is 0. The predicted octanol–water partition coefficient (Wildman–Crippen LogP) is 4.72. The highest BCUT2D eigenvalue weighted by molar-refractivity contribution is 7.92. The molecule has 0 fully saturated rings. The minimum Gasteiger partial charge on any atom is -0.493 e. The predicted molar refractivity (Wildman–Crippen MR) is 115 cm³/mol. The van der Waals surface area contributed by atoms with Crippen LogP contribution in [0.25, 0.3) is 0 Å². The highest BCUT2D eigenvalue weighted by Crippen LogP contribution is 2.35. The van der Waals surface area contributed by atoms with E-state index < -0.39 is 10.0 Å². The van der Waals surface area contributed by atoms with Crippen molar-refractivity contribution in [1.82, 2.24) is 0 Å². The van der Waals surface area contributed by atoms with Crippen LogP contribution < -0.4 is 13.8 Å². The Hall–Kier alpha value is -2.99. The number of nitrogens with zero attached hydrogens (tertiary/aromatic N) is 1. The Bertz CT molecular complexity index is 1090. The number of sulfonamides is 1. The lowest BCUT2D eigenvalue weighted by Crippen LogP contribution is -2.31. The van der Waals surface area contributed by atoms with E-state index in [0.717, 1.165) is 11.1 Å². The SMILES string of the molecule is COc1ccc(N(Cc2ccc(C)cc2)S(=O)(=O)c2ccccc2C)cc1OC. The Morgan fingerprint density at radius 3 is 2.10 bits per heavy atom. The van der Waals surface area contributed by atoms with E-state index in [-0.39, 0.29) is 11.4 Å². The summed E-state index contributed by atoms with van der Waals surface area (Å²) in [6.45, 7) is 4.00. The fourth-order valence-corrected chi connectivity index (χ4v) is 4.79. The molecule has 29 heavy (non-hydrogen) atoms. The molecule has 6 heteroatoms. The van der Waals surface area contributed by atoms with Crippen LogP contribution in [0.15, 0.2) is 71.6 Å². The number of rotatable bonds is 7. The maximum absolute atomic E-state index is 13.6. The van der Waals surface area contributed by atoms with E-state index in [2.05, 4.69) is 0 Å². The molecule has 0 unspecified atom stereocenters. The number of aryl methyl sites for hydroxylation is 2. The third kappa shape index (κ3) is 4.38. The molecule has 0 atom stereocenters. The van der Waals surface area contributed by atoms with Gasteiger partial charge in [0.2, 0.25) is 0 Å². The molecule has 0 radical (unpaired) electrons. The number of methoxy groups -OCH3 is 2. The molecular weight excluding hydrogens is 386 g/mol. The summed E-state index contributed by atoms with van der Waals surface area (Å²) in [6, 6.07) is 19.9. The van der Waals surface area contributed by atoms with Crippen molar-refractivity contribution in [2.75, 3.05) is 18.5 Å². The van der Waals surface area contributed by atoms with E-state index in [4.69, 9.17) is 9.47 Å². The van der Waals surface area contributed by atoms with Crippen LogP contribution >= 0.6 is 0 Å². The van der Waals surface area contributed by atoms with Crippen LogP contribution in [0.1, 0.15) is 16.7 Å². The van der Waals surface area contributed by atoms with Gasteiger partial charge in [0.15, 0.2) is 11.5 Å². The second-order valence-corrected chi connectivity index (χ2v) is 8.63. The van der Waals surface area contributed by atoms with Gasteiger partial charge in [-0.05, 0) is 43.2 Å².